The van der Waals surface area contributed by atoms with E-state index in [0.717, 1.165) is 10.9 Å². The van der Waals surface area contributed by atoms with Crippen LogP contribution in [-0.2, 0) is 20.9 Å². The van der Waals surface area contributed by atoms with E-state index in [1.165, 1.54) is 0 Å². The van der Waals surface area contributed by atoms with Gasteiger partial charge in [-0.3, -0.25) is 24.4 Å². The normalized spacial score (nSPS) is 18.3. The van der Waals surface area contributed by atoms with Crippen molar-refractivity contribution >= 4 is 28.6 Å². The number of carbonyl (C=O) groups is 3. The highest BCUT2D eigenvalue weighted by atomic mass is 16.2. The number of piperidine rings is 1. The van der Waals surface area contributed by atoms with Gasteiger partial charge in [0.25, 0.3) is 0 Å². The lowest BCUT2D eigenvalue weighted by Crippen LogP contribution is -2.52. The molecule has 22 heavy (non-hydrogen) atoms. The van der Waals surface area contributed by atoms with Crippen LogP contribution >= 0.6 is 0 Å². The number of hydrogen-bond donors (Lipinski definition) is 2. The fourth-order valence-corrected chi connectivity index (χ4v) is 2.51. The minimum Gasteiger partial charge on any atom is -0.344 e. The second-order valence-corrected chi connectivity index (χ2v) is 5.25. The van der Waals surface area contributed by atoms with Gasteiger partial charge in [-0.2, -0.15) is 5.10 Å². The van der Waals surface area contributed by atoms with Crippen molar-refractivity contribution in [1.82, 2.24) is 20.4 Å². The Morgan fingerprint density at radius 2 is 2.18 bits per heavy atom. The number of amides is 3. The molecule has 1 atom stereocenters. The highest BCUT2D eigenvalue weighted by molar-refractivity contribution is 6.01. The molecule has 114 valence electrons. The molecule has 0 aliphatic carbocycles. The predicted molar refractivity (Wildman–Crippen MR) is 78.7 cm³/mol. The third-order valence-corrected chi connectivity index (χ3v) is 3.68. The van der Waals surface area contributed by atoms with Crippen LogP contribution in [0.25, 0.3) is 10.9 Å². The van der Waals surface area contributed by atoms with E-state index in [0.29, 0.717) is 13.0 Å². The number of para-hydroxylation sites is 1. The Kier molecular flexibility index (Phi) is 3.86. The van der Waals surface area contributed by atoms with Gasteiger partial charge in [-0.05, 0) is 12.5 Å². The van der Waals surface area contributed by atoms with Crippen molar-refractivity contribution in [2.24, 2.45) is 0 Å². The van der Waals surface area contributed by atoms with E-state index in [1.54, 1.807) is 10.9 Å². The van der Waals surface area contributed by atoms with Gasteiger partial charge in [-0.1, -0.05) is 18.2 Å². The summed E-state index contributed by atoms with van der Waals surface area (Å²) >= 11 is 0. The average molecular weight is 300 g/mol. The molecule has 7 nitrogen and oxygen atoms in total. The second kappa shape index (κ2) is 5.97. The number of nitrogens with one attached hydrogen (secondary N) is 2. The molecule has 1 saturated heterocycles. The summed E-state index contributed by atoms with van der Waals surface area (Å²) in [4.78, 5) is 34.6. The van der Waals surface area contributed by atoms with Crippen molar-refractivity contribution in [2.45, 2.75) is 31.8 Å². The van der Waals surface area contributed by atoms with E-state index in [1.807, 2.05) is 24.3 Å². The molecular weight excluding hydrogens is 284 g/mol. The van der Waals surface area contributed by atoms with E-state index in [9.17, 15) is 14.4 Å². The smallest absolute Gasteiger partial charge is 0.249 e. The van der Waals surface area contributed by atoms with Crippen molar-refractivity contribution in [3.8, 4) is 0 Å². The number of rotatable bonds is 4. The van der Waals surface area contributed by atoms with Crippen LogP contribution in [0.15, 0.2) is 30.5 Å². The predicted octanol–water partition coefficient (Wildman–Crippen LogP) is 0.348. The van der Waals surface area contributed by atoms with Crippen LogP contribution in [0.2, 0.25) is 0 Å². The minimum atomic E-state index is -0.625. The fraction of sp³-hybridized carbons (Fsp3) is 0.333. The third-order valence-electron chi connectivity index (χ3n) is 3.68. The molecular formula is C15H16N4O3. The summed E-state index contributed by atoms with van der Waals surface area (Å²) in [6.45, 7) is 0.437. The molecule has 3 rings (SSSR count). The number of carbonyl (C=O) groups excluding carboxylic acids is 3. The Morgan fingerprint density at radius 1 is 1.36 bits per heavy atom. The lowest BCUT2D eigenvalue weighted by atomic mass is 10.1. The van der Waals surface area contributed by atoms with Crippen LogP contribution in [-0.4, -0.2) is 33.5 Å². The van der Waals surface area contributed by atoms with Gasteiger partial charge in [-0.25, -0.2) is 0 Å². The number of nitrogens with zero attached hydrogens (tertiary/aromatic N) is 2. The summed E-state index contributed by atoms with van der Waals surface area (Å²) in [6, 6.07) is 7.14. The van der Waals surface area contributed by atoms with Crippen molar-refractivity contribution in [3.05, 3.63) is 30.5 Å². The number of fused-ring (bicyclic) bond motifs is 1. The maximum atomic E-state index is 12.0. The Hall–Kier alpha value is -2.70. The molecule has 2 aromatic rings. The summed E-state index contributed by atoms with van der Waals surface area (Å²) in [7, 11) is 0. The Morgan fingerprint density at radius 3 is 3.00 bits per heavy atom. The largest absolute Gasteiger partial charge is 0.344 e. The van der Waals surface area contributed by atoms with E-state index in [-0.39, 0.29) is 24.7 Å². The number of imide groups is 1. The summed E-state index contributed by atoms with van der Waals surface area (Å²) in [6.07, 6.45) is 2.58. The summed E-state index contributed by atoms with van der Waals surface area (Å²) in [5.74, 6) is -0.957. The Bertz CT molecular complexity index is 737. The third kappa shape index (κ3) is 2.98. The van der Waals surface area contributed by atoms with Gasteiger partial charge in [0.2, 0.25) is 17.7 Å². The lowest BCUT2D eigenvalue weighted by molar-refractivity contribution is -0.137. The van der Waals surface area contributed by atoms with Gasteiger partial charge in [0.1, 0.15) is 6.04 Å². The number of benzene rings is 1. The fourth-order valence-electron chi connectivity index (χ4n) is 2.51. The van der Waals surface area contributed by atoms with Gasteiger partial charge < -0.3 is 5.32 Å². The van der Waals surface area contributed by atoms with Crippen molar-refractivity contribution in [3.63, 3.8) is 0 Å². The SMILES string of the molecule is O=C1CC[C@@H](NC(=O)CCn2ncc3ccccc32)C(=O)N1. The molecule has 3 amide bonds. The van der Waals surface area contributed by atoms with Gasteiger partial charge in [-0.15, -0.1) is 0 Å². The minimum absolute atomic E-state index is 0.226. The average Bonchev–Trinajstić information content (AvgIpc) is 2.91. The van der Waals surface area contributed by atoms with Crippen molar-refractivity contribution in [2.75, 3.05) is 0 Å². The number of aryl methyl sites for hydroxylation is 1. The van der Waals surface area contributed by atoms with Crippen molar-refractivity contribution < 1.29 is 14.4 Å². The standard InChI is InChI=1S/C15H16N4O3/c20-13-6-5-11(15(22)18-13)17-14(21)7-8-19-12-4-2-1-3-10(12)9-16-19/h1-4,9,11H,5-8H2,(H,17,21)(H,18,20,22)/t11-/m1/s1. The summed E-state index contributed by atoms with van der Waals surface area (Å²) < 4.78 is 1.76. The van der Waals surface area contributed by atoms with Crippen LogP contribution < -0.4 is 10.6 Å². The zero-order valence-electron chi connectivity index (χ0n) is 11.9. The molecule has 0 bridgehead atoms. The first-order valence-corrected chi connectivity index (χ1v) is 7.17. The first kappa shape index (κ1) is 14.2. The molecule has 0 unspecified atom stereocenters. The first-order valence-electron chi connectivity index (χ1n) is 7.17. The quantitative estimate of drug-likeness (QED) is 0.797. The van der Waals surface area contributed by atoms with Crippen molar-refractivity contribution in [1.29, 1.82) is 0 Å². The number of hydrogen-bond acceptors (Lipinski definition) is 4. The molecule has 0 spiro atoms. The topological polar surface area (TPSA) is 93.1 Å². The lowest BCUT2D eigenvalue weighted by Gasteiger charge is -2.21. The van der Waals surface area contributed by atoms with Gasteiger partial charge in [0.15, 0.2) is 0 Å². The van der Waals surface area contributed by atoms with E-state index in [4.69, 9.17) is 0 Å². The van der Waals surface area contributed by atoms with Gasteiger partial charge in [0, 0.05) is 18.2 Å². The second-order valence-electron chi connectivity index (χ2n) is 5.25. The van der Waals surface area contributed by atoms with Gasteiger partial charge in [0.05, 0.1) is 18.3 Å². The highest BCUT2D eigenvalue weighted by Gasteiger charge is 2.27. The van der Waals surface area contributed by atoms with E-state index >= 15 is 0 Å². The molecule has 2 heterocycles. The highest BCUT2D eigenvalue weighted by Crippen LogP contribution is 2.13. The van der Waals surface area contributed by atoms with E-state index < -0.39 is 11.9 Å². The molecule has 1 aromatic carbocycles. The molecule has 0 radical (unpaired) electrons. The van der Waals surface area contributed by atoms with Gasteiger partial charge >= 0.3 is 0 Å². The Balaban J connectivity index is 1.56. The summed E-state index contributed by atoms with van der Waals surface area (Å²) in [5, 5.41) is 10.1. The zero-order valence-corrected chi connectivity index (χ0v) is 11.9. The first-order chi connectivity index (χ1) is 10.6. The molecule has 1 fully saturated rings. The zero-order chi connectivity index (χ0) is 15.5. The van der Waals surface area contributed by atoms with Crippen LogP contribution in [0, 0.1) is 0 Å². The molecule has 7 heteroatoms. The monoisotopic (exact) mass is 300 g/mol. The van der Waals surface area contributed by atoms with E-state index in [2.05, 4.69) is 15.7 Å². The molecule has 2 N–H and O–H groups in total. The maximum Gasteiger partial charge on any atom is 0.249 e. The molecule has 1 aliphatic rings. The molecule has 0 saturated carbocycles. The van der Waals surface area contributed by atoms with Crippen LogP contribution in [0.4, 0.5) is 0 Å². The maximum absolute atomic E-state index is 12.0. The molecule has 1 aromatic heterocycles. The molecule has 1 aliphatic heterocycles. The Labute approximate surface area is 126 Å². The summed E-state index contributed by atoms with van der Waals surface area (Å²) in [5.41, 5.74) is 0.969. The van der Waals surface area contributed by atoms with Crippen LogP contribution in [0.5, 0.6) is 0 Å². The van der Waals surface area contributed by atoms with Crippen LogP contribution in [0.3, 0.4) is 0 Å². The van der Waals surface area contributed by atoms with Crippen LogP contribution in [0.1, 0.15) is 19.3 Å². The number of aromatic nitrogens is 2.